The van der Waals surface area contributed by atoms with E-state index in [1.807, 2.05) is 36.4 Å². The number of ether oxygens (including phenoxy) is 2. The molecule has 0 spiro atoms. The molecule has 0 aliphatic heterocycles. The molecule has 0 heterocycles. The Morgan fingerprint density at radius 1 is 0.730 bits per heavy atom. The summed E-state index contributed by atoms with van der Waals surface area (Å²) in [7, 11) is 0. The summed E-state index contributed by atoms with van der Waals surface area (Å²) in [6.45, 7) is 5.68. The van der Waals surface area contributed by atoms with E-state index in [1.54, 1.807) is 12.2 Å². The molecule has 0 amide bonds. The summed E-state index contributed by atoms with van der Waals surface area (Å²) in [5.41, 5.74) is -1.04. The highest BCUT2D eigenvalue weighted by molar-refractivity contribution is 6.09. The summed E-state index contributed by atoms with van der Waals surface area (Å²) in [4.78, 5) is 0. The minimum atomic E-state index is -1.70. The Bertz CT molecular complexity index is 1200. The van der Waals surface area contributed by atoms with Gasteiger partial charge in [-0.05, 0) is 52.6 Å². The molecule has 0 bridgehead atoms. The zero-order chi connectivity index (χ0) is 25.9. The third-order valence-corrected chi connectivity index (χ3v) is 7.47. The minimum Gasteiger partial charge on any atom is -0.494 e. The molecule has 198 valence electrons. The van der Waals surface area contributed by atoms with Crippen LogP contribution in [0.1, 0.15) is 83.6 Å². The van der Waals surface area contributed by atoms with Crippen LogP contribution in [0.4, 0.5) is 4.39 Å². The number of benzene rings is 3. The Balaban J connectivity index is 1.46. The van der Waals surface area contributed by atoms with Gasteiger partial charge in [0.25, 0.3) is 0 Å². The van der Waals surface area contributed by atoms with E-state index in [4.69, 9.17) is 9.47 Å². The Morgan fingerprint density at radius 3 is 2.30 bits per heavy atom. The molecular weight excluding hydrogens is 459 g/mol. The van der Waals surface area contributed by atoms with Crippen LogP contribution in [0.5, 0.6) is 5.75 Å². The van der Waals surface area contributed by atoms with Crippen molar-refractivity contribution in [1.82, 2.24) is 0 Å². The summed E-state index contributed by atoms with van der Waals surface area (Å²) >= 11 is 0. The Hall–Kier alpha value is -2.65. The predicted octanol–water partition coefficient (Wildman–Crippen LogP) is 9.99. The first kappa shape index (κ1) is 27.4. The van der Waals surface area contributed by atoms with Crippen LogP contribution in [0.3, 0.4) is 0 Å². The maximum absolute atomic E-state index is 16.6. The Morgan fingerprint density at radius 2 is 1.49 bits per heavy atom. The van der Waals surface area contributed by atoms with Crippen LogP contribution < -0.4 is 4.74 Å². The number of unbranched alkanes of at least 4 members (excludes halogenated alkanes) is 8. The fraction of sp³-hybridized carbons (Fsp3) is 0.471. The van der Waals surface area contributed by atoms with E-state index < -0.39 is 11.8 Å². The number of halogens is 1. The molecule has 37 heavy (non-hydrogen) atoms. The highest BCUT2D eigenvalue weighted by Gasteiger charge is 2.40. The second kappa shape index (κ2) is 13.8. The molecule has 2 nitrogen and oxygen atoms in total. The lowest BCUT2D eigenvalue weighted by molar-refractivity contribution is -0.0124. The van der Waals surface area contributed by atoms with E-state index in [1.165, 1.54) is 44.9 Å². The second-order valence-corrected chi connectivity index (χ2v) is 10.3. The SMILES string of the molecule is CCCCCCCCCCOc1ccc2c(ccc3c(C4(F)C=CC=CC4OCCCC)cccc32)c1. The van der Waals surface area contributed by atoms with E-state index in [0.29, 0.717) is 12.2 Å². The molecule has 2 unspecified atom stereocenters. The van der Waals surface area contributed by atoms with Crippen LogP contribution in [0, 0.1) is 0 Å². The van der Waals surface area contributed by atoms with Crippen molar-refractivity contribution < 1.29 is 13.9 Å². The first-order valence-electron chi connectivity index (χ1n) is 14.4. The van der Waals surface area contributed by atoms with Crippen LogP contribution >= 0.6 is 0 Å². The highest BCUT2D eigenvalue weighted by atomic mass is 19.1. The predicted molar refractivity (Wildman–Crippen MR) is 155 cm³/mol. The van der Waals surface area contributed by atoms with Crippen LogP contribution in [-0.4, -0.2) is 19.3 Å². The number of allylic oxidation sites excluding steroid dienone is 2. The highest BCUT2D eigenvalue weighted by Crippen LogP contribution is 2.41. The van der Waals surface area contributed by atoms with Gasteiger partial charge in [0.05, 0.1) is 6.61 Å². The Kier molecular flexibility index (Phi) is 10.2. The van der Waals surface area contributed by atoms with Crippen molar-refractivity contribution in [2.24, 2.45) is 0 Å². The standard InChI is InChI=1S/C34H43FO2/c1-3-5-7-8-9-10-11-14-25-36-28-20-22-29-27(26-28)19-21-31-30(29)16-15-17-32(31)34(35)23-13-12-18-33(34)37-24-6-4-2/h12-13,15-23,26,33H,3-11,14,24-25H2,1-2H3. The molecule has 0 fully saturated rings. The van der Waals surface area contributed by atoms with Gasteiger partial charge in [0.2, 0.25) is 0 Å². The van der Waals surface area contributed by atoms with Crippen LogP contribution in [0.15, 0.2) is 72.8 Å². The van der Waals surface area contributed by atoms with Gasteiger partial charge in [0.1, 0.15) is 11.9 Å². The van der Waals surface area contributed by atoms with Crippen molar-refractivity contribution in [3.8, 4) is 5.75 Å². The van der Waals surface area contributed by atoms with Crippen molar-refractivity contribution in [1.29, 1.82) is 0 Å². The number of fused-ring (bicyclic) bond motifs is 3. The lowest BCUT2D eigenvalue weighted by Gasteiger charge is -2.32. The molecule has 0 radical (unpaired) electrons. The average Bonchev–Trinajstić information content (AvgIpc) is 2.92. The smallest absolute Gasteiger partial charge is 0.184 e. The largest absolute Gasteiger partial charge is 0.494 e. The van der Waals surface area contributed by atoms with Gasteiger partial charge in [-0.2, -0.15) is 0 Å². The Labute approximate surface area is 222 Å². The minimum absolute atomic E-state index is 0.556. The molecule has 0 saturated heterocycles. The summed E-state index contributed by atoms with van der Waals surface area (Å²) in [6, 6.07) is 16.3. The van der Waals surface area contributed by atoms with E-state index in [2.05, 4.69) is 38.1 Å². The molecule has 1 aliphatic rings. The molecule has 4 rings (SSSR count). The third-order valence-electron chi connectivity index (χ3n) is 7.47. The van der Waals surface area contributed by atoms with Crippen LogP contribution in [-0.2, 0) is 10.4 Å². The molecule has 0 N–H and O–H groups in total. The normalized spacial score (nSPS) is 19.2. The van der Waals surface area contributed by atoms with E-state index in [0.717, 1.165) is 53.2 Å². The molecule has 2 atom stereocenters. The number of alkyl halides is 1. The van der Waals surface area contributed by atoms with Crippen molar-refractivity contribution in [3.05, 3.63) is 78.4 Å². The van der Waals surface area contributed by atoms with Gasteiger partial charge >= 0.3 is 0 Å². The zero-order valence-corrected chi connectivity index (χ0v) is 22.7. The van der Waals surface area contributed by atoms with E-state index >= 15 is 4.39 Å². The van der Waals surface area contributed by atoms with Gasteiger partial charge in [-0.25, -0.2) is 4.39 Å². The molecular formula is C34H43FO2. The van der Waals surface area contributed by atoms with Crippen molar-refractivity contribution >= 4 is 21.5 Å². The van der Waals surface area contributed by atoms with Gasteiger partial charge in [0.15, 0.2) is 5.67 Å². The molecule has 0 aromatic heterocycles. The first-order valence-corrected chi connectivity index (χ1v) is 14.4. The number of hydrogen-bond acceptors (Lipinski definition) is 2. The van der Waals surface area contributed by atoms with Gasteiger partial charge in [-0.3, -0.25) is 0 Å². The monoisotopic (exact) mass is 502 g/mol. The summed E-state index contributed by atoms with van der Waals surface area (Å²) in [5, 5.41) is 4.20. The van der Waals surface area contributed by atoms with E-state index in [-0.39, 0.29) is 0 Å². The number of hydrogen-bond donors (Lipinski definition) is 0. The first-order chi connectivity index (χ1) is 18.2. The summed E-state index contributed by atoms with van der Waals surface area (Å²) in [5.74, 6) is 0.901. The molecule has 3 aromatic rings. The van der Waals surface area contributed by atoms with Crippen LogP contribution in [0.2, 0.25) is 0 Å². The van der Waals surface area contributed by atoms with Crippen molar-refractivity contribution in [2.75, 3.05) is 13.2 Å². The van der Waals surface area contributed by atoms with E-state index in [9.17, 15) is 0 Å². The lowest BCUT2D eigenvalue weighted by atomic mass is 9.83. The van der Waals surface area contributed by atoms with Gasteiger partial charge in [-0.1, -0.05) is 120 Å². The summed E-state index contributed by atoms with van der Waals surface area (Å²) < 4.78 is 28.7. The fourth-order valence-corrected chi connectivity index (χ4v) is 5.30. The van der Waals surface area contributed by atoms with Gasteiger partial charge in [-0.15, -0.1) is 0 Å². The molecule has 0 saturated carbocycles. The van der Waals surface area contributed by atoms with Crippen molar-refractivity contribution in [2.45, 2.75) is 89.8 Å². The molecule has 1 aliphatic carbocycles. The summed E-state index contributed by atoms with van der Waals surface area (Å²) in [6.07, 6.45) is 18.8. The molecule has 3 aromatic carbocycles. The van der Waals surface area contributed by atoms with Crippen LogP contribution in [0.25, 0.3) is 21.5 Å². The second-order valence-electron chi connectivity index (χ2n) is 10.3. The topological polar surface area (TPSA) is 18.5 Å². The number of rotatable bonds is 15. The zero-order valence-electron chi connectivity index (χ0n) is 22.7. The maximum atomic E-state index is 16.6. The fourth-order valence-electron chi connectivity index (χ4n) is 5.30. The maximum Gasteiger partial charge on any atom is 0.184 e. The quantitative estimate of drug-likeness (QED) is 0.152. The molecule has 3 heteroatoms. The lowest BCUT2D eigenvalue weighted by Crippen LogP contribution is -2.36. The average molecular weight is 503 g/mol. The van der Waals surface area contributed by atoms with Gasteiger partial charge in [0, 0.05) is 12.2 Å². The van der Waals surface area contributed by atoms with Gasteiger partial charge < -0.3 is 9.47 Å². The third kappa shape index (κ3) is 6.82. The van der Waals surface area contributed by atoms with Crippen molar-refractivity contribution in [3.63, 3.8) is 0 Å².